The van der Waals surface area contributed by atoms with E-state index >= 15 is 0 Å². The van der Waals surface area contributed by atoms with Crippen LogP contribution in [0.1, 0.15) is 39.2 Å². The molecule has 142 valence electrons. The average molecular weight is 370 g/mol. The quantitative estimate of drug-likeness (QED) is 0.608. The summed E-state index contributed by atoms with van der Waals surface area (Å²) in [4.78, 5) is 38.7. The van der Waals surface area contributed by atoms with Crippen LogP contribution >= 0.6 is 0 Å². The molecule has 3 N–H and O–H groups in total. The molecule has 1 aromatic carbocycles. The van der Waals surface area contributed by atoms with Crippen LogP contribution in [0.15, 0.2) is 47.1 Å². The van der Waals surface area contributed by atoms with Gasteiger partial charge in [0.05, 0.1) is 12.2 Å². The molecule has 2 heterocycles. The lowest BCUT2D eigenvalue weighted by molar-refractivity contribution is -0.141. The van der Waals surface area contributed by atoms with Gasteiger partial charge in [-0.25, -0.2) is 4.79 Å². The fourth-order valence-electron chi connectivity index (χ4n) is 3.74. The number of benzene rings is 1. The van der Waals surface area contributed by atoms with Crippen LogP contribution < -0.4 is 11.1 Å². The number of ketones is 1. The summed E-state index contributed by atoms with van der Waals surface area (Å²) in [7, 11) is 0. The van der Waals surface area contributed by atoms with Crippen LogP contribution in [0.4, 0.5) is 5.69 Å². The molecular weight excluding hydrogens is 348 g/mol. The first-order valence-electron chi connectivity index (χ1n) is 8.84. The van der Waals surface area contributed by atoms with Crippen LogP contribution in [0, 0.1) is 0 Å². The summed E-state index contributed by atoms with van der Waals surface area (Å²) in [5, 5.41) is 2.76. The molecule has 2 aliphatic heterocycles. The van der Waals surface area contributed by atoms with Crippen molar-refractivity contribution < 1.29 is 23.9 Å². The number of fused-ring (bicyclic) bond motifs is 2. The lowest BCUT2D eigenvalue weighted by Crippen LogP contribution is -2.48. The Hall–Kier alpha value is -3.09. The lowest BCUT2D eigenvalue weighted by Gasteiger charge is -2.35. The predicted molar refractivity (Wildman–Crippen MR) is 98.3 cm³/mol. The van der Waals surface area contributed by atoms with Crippen LogP contribution in [0.25, 0.3) is 0 Å². The molecule has 1 unspecified atom stereocenters. The van der Waals surface area contributed by atoms with E-state index in [4.69, 9.17) is 15.2 Å². The molecule has 27 heavy (non-hydrogen) atoms. The number of nitrogens with one attached hydrogen (secondary N) is 1. The van der Waals surface area contributed by atoms with Crippen molar-refractivity contribution in [1.29, 1.82) is 0 Å². The van der Waals surface area contributed by atoms with Gasteiger partial charge < -0.3 is 20.5 Å². The van der Waals surface area contributed by atoms with Crippen molar-refractivity contribution in [2.75, 3.05) is 11.9 Å². The van der Waals surface area contributed by atoms with Crippen molar-refractivity contribution in [3.8, 4) is 0 Å². The van der Waals surface area contributed by atoms with E-state index in [0.29, 0.717) is 17.7 Å². The van der Waals surface area contributed by atoms with Gasteiger partial charge in [0.2, 0.25) is 11.8 Å². The number of carbonyl (C=O) groups excluding carboxylic acids is 3. The van der Waals surface area contributed by atoms with Crippen LogP contribution in [0.3, 0.4) is 0 Å². The van der Waals surface area contributed by atoms with E-state index in [2.05, 4.69) is 5.32 Å². The Labute approximate surface area is 157 Å². The number of hydrogen-bond donors (Lipinski definition) is 2. The second kappa shape index (κ2) is 6.90. The van der Waals surface area contributed by atoms with Crippen molar-refractivity contribution in [2.24, 2.45) is 5.73 Å². The average Bonchev–Trinajstić information content (AvgIpc) is 2.87. The molecule has 0 aromatic heterocycles. The Kier molecular flexibility index (Phi) is 4.78. The molecule has 1 amide bonds. The maximum Gasteiger partial charge on any atom is 0.341 e. The highest BCUT2D eigenvalue weighted by molar-refractivity contribution is 6.22. The second-order valence-corrected chi connectivity index (χ2v) is 6.57. The molecule has 1 spiro atoms. The van der Waals surface area contributed by atoms with E-state index in [1.807, 2.05) is 6.92 Å². The Bertz CT molecular complexity index is 899. The number of para-hydroxylation sites is 1. The Morgan fingerprint density at radius 3 is 2.63 bits per heavy atom. The third-order valence-electron chi connectivity index (χ3n) is 4.82. The maximum absolute atomic E-state index is 13.2. The van der Waals surface area contributed by atoms with Gasteiger partial charge in [0.1, 0.15) is 16.7 Å². The summed E-state index contributed by atoms with van der Waals surface area (Å²) in [5.41, 5.74) is 5.28. The van der Waals surface area contributed by atoms with E-state index < -0.39 is 17.3 Å². The zero-order valence-corrected chi connectivity index (χ0v) is 15.5. The summed E-state index contributed by atoms with van der Waals surface area (Å²) in [5.74, 6) is -1.71. The van der Waals surface area contributed by atoms with Crippen LogP contribution in [-0.4, -0.2) is 24.3 Å². The van der Waals surface area contributed by atoms with Crippen molar-refractivity contribution in [3.05, 3.63) is 52.6 Å². The van der Waals surface area contributed by atoms with Gasteiger partial charge in [-0.3, -0.25) is 9.59 Å². The monoisotopic (exact) mass is 370 g/mol. The number of rotatable bonds is 5. The molecule has 3 rings (SSSR count). The second-order valence-electron chi connectivity index (χ2n) is 6.57. The van der Waals surface area contributed by atoms with Gasteiger partial charge in [0.25, 0.3) is 0 Å². The van der Waals surface area contributed by atoms with E-state index in [1.54, 1.807) is 31.2 Å². The first-order chi connectivity index (χ1) is 12.9. The van der Waals surface area contributed by atoms with Gasteiger partial charge >= 0.3 is 5.97 Å². The topological polar surface area (TPSA) is 108 Å². The highest BCUT2D eigenvalue weighted by Gasteiger charge is 2.60. The Morgan fingerprint density at radius 2 is 1.96 bits per heavy atom. The van der Waals surface area contributed by atoms with Gasteiger partial charge in [-0.15, -0.1) is 0 Å². The minimum absolute atomic E-state index is 0.0848. The molecule has 0 aliphatic carbocycles. The number of allylic oxidation sites excluding steroid dienone is 1. The van der Waals surface area contributed by atoms with E-state index in [9.17, 15) is 14.4 Å². The van der Waals surface area contributed by atoms with Crippen molar-refractivity contribution in [2.45, 2.75) is 39.0 Å². The fraction of sp³-hybridized carbons (Fsp3) is 0.350. The maximum atomic E-state index is 13.2. The molecule has 0 saturated carbocycles. The molecule has 0 bridgehead atoms. The normalized spacial score (nSPS) is 21.1. The number of anilines is 1. The first kappa shape index (κ1) is 18.7. The molecule has 1 atom stereocenters. The van der Waals surface area contributed by atoms with Gasteiger partial charge in [0, 0.05) is 11.3 Å². The first-order valence-corrected chi connectivity index (χ1v) is 8.84. The van der Waals surface area contributed by atoms with Gasteiger partial charge in [-0.05, 0) is 26.3 Å². The highest BCUT2D eigenvalue weighted by atomic mass is 16.5. The standard InChI is InChI=1S/C20H22N2O5/c1-4-5-10-26-18(24)16-17(21)27-12(3)15(11(2)23)20(16)13-8-6-7-9-14(13)22-19(20)25/h6-9H,4-5,10,21H2,1-3H3,(H,22,25). The molecule has 1 aromatic rings. The van der Waals surface area contributed by atoms with Crippen LogP contribution in [-0.2, 0) is 29.3 Å². The Balaban J connectivity index is 2.26. The number of nitrogens with two attached hydrogens (primary N) is 1. The van der Waals surface area contributed by atoms with Gasteiger partial charge in [-0.2, -0.15) is 0 Å². The third kappa shape index (κ3) is 2.70. The predicted octanol–water partition coefficient (Wildman–Crippen LogP) is 2.28. The largest absolute Gasteiger partial charge is 0.462 e. The van der Waals surface area contributed by atoms with Crippen molar-refractivity contribution in [3.63, 3.8) is 0 Å². The molecule has 0 radical (unpaired) electrons. The van der Waals surface area contributed by atoms with E-state index in [1.165, 1.54) is 6.92 Å². The summed E-state index contributed by atoms with van der Waals surface area (Å²) < 4.78 is 10.8. The number of esters is 1. The molecule has 7 heteroatoms. The van der Waals surface area contributed by atoms with Crippen molar-refractivity contribution >= 4 is 23.3 Å². The van der Waals surface area contributed by atoms with E-state index in [0.717, 1.165) is 6.42 Å². The van der Waals surface area contributed by atoms with Gasteiger partial charge in [-0.1, -0.05) is 31.5 Å². The smallest absolute Gasteiger partial charge is 0.341 e. The van der Waals surface area contributed by atoms with Crippen molar-refractivity contribution in [1.82, 2.24) is 0 Å². The third-order valence-corrected chi connectivity index (χ3v) is 4.82. The molecule has 2 aliphatic rings. The number of hydrogen-bond acceptors (Lipinski definition) is 6. The highest BCUT2D eigenvalue weighted by Crippen LogP contribution is 2.52. The fourth-order valence-corrected chi connectivity index (χ4v) is 3.74. The van der Waals surface area contributed by atoms with Gasteiger partial charge in [0.15, 0.2) is 5.78 Å². The number of ether oxygens (including phenoxy) is 2. The summed E-state index contributed by atoms with van der Waals surface area (Å²) >= 11 is 0. The zero-order valence-electron chi connectivity index (χ0n) is 15.5. The molecule has 0 saturated heterocycles. The number of carbonyl (C=O) groups is 3. The molecular formula is C20H22N2O5. The number of unbranched alkanes of at least 4 members (excludes halogenated alkanes) is 1. The lowest BCUT2D eigenvalue weighted by atomic mass is 9.67. The van der Waals surface area contributed by atoms with Crippen LogP contribution in [0.5, 0.6) is 0 Å². The van der Waals surface area contributed by atoms with Crippen LogP contribution in [0.2, 0.25) is 0 Å². The summed E-state index contributed by atoms with van der Waals surface area (Å²) in [6.45, 7) is 5.04. The summed E-state index contributed by atoms with van der Waals surface area (Å²) in [6.07, 6.45) is 1.51. The minimum Gasteiger partial charge on any atom is -0.462 e. The zero-order chi connectivity index (χ0) is 19.8. The number of amides is 1. The number of Topliss-reactive ketones (excluding diaryl/α,β-unsaturated/α-hetero) is 1. The molecule has 0 fully saturated rings. The Morgan fingerprint density at radius 1 is 1.26 bits per heavy atom. The molecule has 7 nitrogen and oxygen atoms in total. The summed E-state index contributed by atoms with van der Waals surface area (Å²) in [6, 6.07) is 6.90. The SMILES string of the molecule is CCCCOC(=O)C1=C(N)OC(C)=C(C(C)=O)C12C(=O)Nc1ccccc12. The minimum atomic E-state index is -1.68. The van der Waals surface area contributed by atoms with E-state index in [-0.39, 0.29) is 35.2 Å².